The average Bonchev–Trinajstić information content (AvgIpc) is 2.84. The number of nitrogens with one attached hydrogen (secondary N) is 2. The van der Waals surface area contributed by atoms with Crippen molar-refractivity contribution in [3.63, 3.8) is 0 Å². The topological polar surface area (TPSA) is 71.8 Å². The van der Waals surface area contributed by atoms with Gasteiger partial charge in [-0.1, -0.05) is 6.07 Å². The molecule has 3 heterocycles. The van der Waals surface area contributed by atoms with Crippen LogP contribution in [-0.2, 0) is 26.6 Å². The summed E-state index contributed by atoms with van der Waals surface area (Å²) >= 11 is 0. The number of aryl methyl sites for hydroxylation is 1. The molecule has 2 N–H and O–H groups in total. The lowest BCUT2D eigenvalue weighted by atomic mass is 10.1. The highest BCUT2D eigenvalue weighted by Crippen LogP contribution is 2.17. The molecule has 0 bridgehead atoms. The van der Waals surface area contributed by atoms with E-state index in [1.807, 2.05) is 29.9 Å². The van der Waals surface area contributed by atoms with Crippen molar-refractivity contribution < 1.29 is 4.79 Å². The monoisotopic (exact) mass is 271 g/mol. The van der Waals surface area contributed by atoms with E-state index >= 15 is 0 Å². The van der Waals surface area contributed by atoms with Crippen molar-refractivity contribution >= 4 is 5.91 Å². The van der Waals surface area contributed by atoms with Gasteiger partial charge >= 0.3 is 0 Å². The highest BCUT2D eigenvalue weighted by atomic mass is 16.1. The average molecular weight is 271 g/mol. The van der Waals surface area contributed by atoms with Gasteiger partial charge in [0, 0.05) is 44.0 Å². The molecule has 2 aromatic rings. The van der Waals surface area contributed by atoms with Crippen LogP contribution in [0.25, 0.3) is 0 Å². The summed E-state index contributed by atoms with van der Waals surface area (Å²) in [6, 6.07) is 5.64. The zero-order valence-corrected chi connectivity index (χ0v) is 11.4. The van der Waals surface area contributed by atoms with E-state index in [1.165, 1.54) is 0 Å². The van der Waals surface area contributed by atoms with Gasteiger partial charge in [-0.2, -0.15) is 5.10 Å². The largest absolute Gasteiger partial charge is 0.345 e. The predicted molar refractivity (Wildman–Crippen MR) is 74.0 cm³/mol. The van der Waals surface area contributed by atoms with Crippen molar-refractivity contribution in [2.45, 2.75) is 19.5 Å². The molecule has 20 heavy (non-hydrogen) atoms. The van der Waals surface area contributed by atoms with Crippen LogP contribution < -0.4 is 10.6 Å². The molecule has 1 aliphatic heterocycles. The Morgan fingerprint density at radius 2 is 2.40 bits per heavy atom. The Bertz CT molecular complexity index is 620. The van der Waals surface area contributed by atoms with E-state index in [4.69, 9.17) is 0 Å². The molecule has 0 saturated heterocycles. The lowest BCUT2D eigenvalue weighted by molar-refractivity contribution is 0.0943. The van der Waals surface area contributed by atoms with Gasteiger partial charge in [0.05, 0.1) is 12.2 Å². The van der Waals surface area contributed by atoms with Crippen LogP contribution >= 0.6 is 0 Å². The number of hydrogen-bond acceptors (Lipinski definition) is 4. The van der Waals surface area contributed by atoms with Gasteiger partial charge in [-0.05, 0) is 12.1 Å². The minimum Gasteiger partial charge on any atom is -0.345 e. The Morgan fingerprint density at radius 3 is 3.20 bits per heavy atom. The molecule has 104 valence electrons. The molecule has 6 heteroatoms. The van der Waals surface area contributed by atoms with Crippen molar-refractivity contribution in [2.24, 2.45) is 7.05 Å². The van der Waals surface area contributed by atoms with Gasteiger partial charge in [0.15, 0.2) is 5.69 Å². The summed E-state index contributed by atoms with van der Waals surface area (Å²) in [5.41, 5.74) is 3.51. The number of hydrogen-bond donors (Lipinski definition) is 2. The molecule has 0 aromatic carbocycles. The van der Waals surface area contributed by atoms with Crippen molar-refractivity contribution in [3.05, 3.63) is 47.0 Å². The SMILES string of the molecule is Cn1nc(C(=O)NCc2ccccn2)c2c1CCNC2. The summed E-state index contributed by atoms with van der Waals surface area (Å²) in [4.78, 5) is 16.4. The Labute approximate surface area is 117 Å². The van der Waals surface area contributed by atoms with Crippen molar-refractivity contribution in [1.82, 2.24) is 25.4 Å². The van der Waals surface area contributed by atoms with Crippen LogP contribution in [0.5, 0.6) is 0 Å². The Morgan fingerprint density at radius 1 is 1.50 bits per heavy atom. The lowest BCUT2D eigenvalue weighted by Gasteiger charge is -2.14. The van der Waals surface area contributed by atoms with Crippen LogP contribution in [-0.4, -0.2) is 27.2 Å². The maximum atomic E-state index is 12.3. The normalized spacial score (nSPS) is 13.8. The first-order valence-electron chi connectivity index (χ1n) is 6.69. The molecular formula is C14H17N5O. The van der Waals surface area contributed by atoms with Crippen LogP contribution in [0.4, 0.5) is 0 Å². The zero-order chi connectivity index (χ0) is 13.9. The molecule has 0 fully saturated rings. The molecule has 1 amide bonds. The second kappa shape index (κ2) is 5.42. The van der Waals surface area contributed by atoms with E-state index in [1.54, 1.807) is 6.20 Å². The maximum Gasteiger partial charge on any atom is 0.272 e. The summed E-state index contributed by atoms with van der Waals surface area (Å²) in [6.07, 6.45) is 2.63. The molecule has 0 aliphatic carbocycles. The Hall–Kier alpha value is -2.21. The van der Waals surface area contributed by atoms with Gasteiger partial charge in [0.25, 0.3) is 5.91 Å². The second-order valence-electron chi connectivity index (χ2n) is 4.83. The summed E-state index contributed by atoms with van der Waals surface area (Å²) in [6.45, 7) is 2.05. The van der Waals surface area contributed by atoms with E-state index in [9.17, 15) is 4.79 Å². The van der Waals surface area contributed by atoms with Gasteiger partial charge in [-0.25, -0.2) is 0 Å². The third-order valence-electron chi connectivity index (χ3n) is 3.49. The summed E-state index contributed by atoms with van der Waals surface area (Å²) in [5.74, 6) is -0.142. The third kappa shape index (κ3) is 2.42. The van der Waals surface area contributed by atoms with E-state index in [-0.39, 0.29) is 5.91 Å². The first-order chi connectivity index (χ1) is 9.75. The van der Waals surface area contributed by atoms with Crippen LogP contribution in [0.2, 0.25) is 0 Å². The molecule has 0 radical (unpaired) electrons. The van der Waals surface area contributed by atoms with Gasteiger partial charge in [-0.3, -0.25) is 14.5 Å². The molecule has 0 spiro atoms. The highest BCUT2D eigenvalue weighted by Gasteiger charge is 2.23. The molecule has 2 aromatic heterocycles. The van der Waals surface area contributed by atoms with Crippen LogP contribution in [0.15, 0.2) is 24.4 Å². The molecule has 3 rings (SSSR count). The molecule has 0 atom stereocenters. The van der Waals surface area contributed by atoms with E-state index < -0.39 is 0 Å². The molecule has 0 unspecified atom stereocenters. The number of carbonyl (C=O) groups is 1. The predicted octanol–water partition coefficient (Wildman–Crippen LogP) is 0.391. The van der Waals surface area contributed by atoms with Gasteiger partial charge < -0.3 is 10.6 Å². The fourth-order valence-corrected chi connectivity index (χ4v) is 2.46. The first-order valence-corrected chi connectivity index (χ1v) is 6.69. The van der Waals surface area contributed by atoms with Gasteiger partial charge in [0.2, 0.25) is 0 Å². The number of rotatable bonds is 3. The number of amides is 1. The van der Waals surface area contributed by atoms with Gasteiger partial charge in [0.1, 0.15) is 0 Å². The van der Waals surface area contributed by atoms with Gasteiger partial charge in [-0.15, -0.1) is 0 Å². The summed E-state index contributed by atoms with van der Waals surface area (Å²) in [7, 11) is 1.89. The molecule has 1 aliphatic rings. The Kier molecular flexibility index (Phi) is 3.47. The summed E-state index contributed by atoms with van der Waals surface area (Å²) < 4.78 is 1.81. The van der Waals surface area contributed by atoms with Crippen molar-refractivity contribution in [3.8, 4) is 0 Å². The van der Waals surface area contributed by atoms with E-state index in [2.05, 4.69) is 20.7 Å². The second-order valence-corrected chi connectivity index (χ2v) is 4.83. The number of fused-ring (bicyclic) bond motifs is 1. The zero-order valence-electron chi connectivity index (χ0n) is 11.4. The quantitative estimate of drug-likeness (QED) is 0.847. The molecule has 6 nitrogen and oxygen atoms in total. The smallest absolute Gasteiger partial charge is 0.272 e. The number of aromatic nitrogens is 3. The number of pyridine rings is 1. The van der Waals surface area contributed by atoms with Crippen LogP contribution in [0, 0.1) is 0 Å². The van der Waals surface area contributed by atoms with E-state index in [0.29, 0.717) is 18.8 Å². The first kappa shape index (κ1) is 12.8. The molecular weight excluding hydrogens is 254 g/mol. The Balaban J connectivity index is 1.74. The minimum atomic E-state index is -0.142. The minimum absolute atomic E-state index is 0.142. The maximum absolute atomic E-state index is 12.3. The number of carbonyl (C=O) groups excluding carboxylic acids is 1. The third-order valence-corrected chi connectivity index (χ3v) is 3.49. The van der Waals surface area contributed by atoms with Crippen molar-refractivity contribution in [1.29, 1.82) is 0 Å². The summed E-state index contributed by atoms with van der Waals surface area (Å²) in [5, 5.41) is 10.5. The molecule has 0 saturated carbocycles. The van der Waals surface area contributed by atoms with E-state index in [0.717, 1.165) is 29.9 Å². The van der Waals surface area contributed by atoms with Crippen molar-refractivity contribution in [2.75, 3.05) is 6.54 Å². The fraction of sp³-hybridized carbons (Fsp3) is 0.357. The van der Waals surface area contributed by atoms with Crippen LogP contribution in [0.1, 0.15) is 27.4 Å². The van der Waals surface area contributed by atoms with Crippen LogP contribution in [0.3, 0.4) is 0 Å². The lowest BCUT2D eigenvalue weighted by Crippen LogP contribution is -2.28. The standard InChI is InChI=1S/C14H17N5O/c1-19-12-5-7-15-9-11(12)13(18-19)14(20)17-8-10-4-2-3-6-16-10/h2-4,6,15H,5,7-9H2,1H3,(H,17,20). The number of nitrogens with zero attached hydrogens (tertiary/aromatic N) is 3. The highest BCUT2D eigenvalue weighted by molar-refractivity contribution is 5.94. The fourth-order valence-electron chi connectivity index (χ4n) is 2.46.